The molecule has 2 saturated heterocycles. The molecule has 2 aromatic rings. The molecule has 2 bridgehead atoms. The second kappa shape index (κ2) is 6.83. The van der Waals surface area contributed by atoms with E-state index in [9.17, 15) is 15.8 Å². The topological polar surface area (TPSA) is 114 Å². The largest absolute Gasteiger partial charge is 0.443 e. The van der Waals surface area contributed by atoms with Gasteiger partial charge in [0.15, 0.2) is 5.41 Å². The lowest BCUT2D eigenvalue weighted by molar-refractivity contribution is -0.288. The molecule has 0 aliphatic carbocycles. The van der Waals surface area contributed by atoms with Crippen molar-refractivity contribution < 1.29 is 9.47 Å². The molecular weight excluding hydrogens is 468 g/mol. The highest BCUT2D eigenvalue weighted by Gasteiger charge is 2.79. The van der Waals surface area contributed by atoms with E-state index in [1.54, 1.807) is 55.5 Å². The van der Waals surface area contributed by atoms with Gasteiger partial charge in [-0.1, -0.05) is 58.7 Å². The van der Waals surface area contributed by atoms with Crippen molar-refractivity contribution >= 4 is 33.4 Å². The van der Waals surface area contributed by atoms with Gasteiger partial charge in [-0.15, -0.1) is 0 Å². The van der Waals surface area contributed by atoms with Crippen LogP contribution in [0.5, 0.6) is 0 Å². The van der Waals surface area contributed by atoms with Crippen LogP contribution in [0.4, 0.5) is 0 Å². The van der Waals surface area contributed by atoms with Crippen LogP contribution in [0.25, 0.3) is 0 Å². The predicted molar refractivity (Wildman–Crippen MR) is 111 cm³/mol. The first kappa shape index (κ1) is 20.4. The number of hydrogen-bond donors (Lipinski definition) is 1. The van der Waals surface area contributed by atoms with Crippen LogP contribution in [0, 0.1) is 56.2 Å². The van der Waals surface area contributed by atoms with Crippen LogP contribution in [0.15, 0.2) is 53.0 Å². The Labute approximate surface area is 186 Å². The quantitative estimate of drug-likeness (QED) is 0.632. The molecule has 6 nitrogen and oxygen atoms in total. The zero-order chi connectivity index (χ0) is 21.7. The third-order valence-electron chi connectivity index (χ3n) is 6.09. The molecule has 8 heteroatoms. The van der Waals surface area contributed by atoms with E-state index in [-0.39, 0.29) is 0 Å². The van der Waals surface area contributed by atoms with Crippen LogP contribution in [0.3, 0.4) is 0 Å². The average molecular weight is 482 g/mol. The summed E-state index contributed by atoms with van der Waals surface area (Å²) in [6, 6.07) is 19.8. The fourth-order valence-corrected chi connectivity index (χ4v) is 4.88. The van der Waals surface area contributed by atoms with Crippen LogP contribution in [-0.4, -0.2) is 5.90 Å². The number of fused-ring (bicyclic) bond motifs is 2. The summed E-state index contributed by atoms with van der Waals surface area (Å²) in [7, 11) is 0. The van der Waals surface area contributed by atoms with Gasteiger partial charge in [0.25, 0.3) is 0 Å². The van der Waals surface area contributed by atoms with Crippen molar-refractivity contribution in [2.45, 2.75) is 18.8 Å². The van der Waals surface area contributed by atoms with Gasteiger partial charge in [-0.2, -0.15) is 15.8 Å². The highest BCUT2D eigenvalue weighted by Crippen LogP contribution is 2.68. The van der Waals surface area contributed by atoms with Gasteiger partial charge < -0.3 is 9.47 Å². The van der Waals surface area contributed by atoms with Gasteiger partial charge in [0.1, 0.15) is 6.10 Å². The molecule has 0 aromatic heterocycles. The van der Waals surface area contributed by atoms with Crippen molar-refractivity contribution in [3.05, 3.63) is 69.2 Å². The van der Waals surface area contributed by atoms with E-state index in [1.807, 2.05) is 12.1 Å². The third kappa shape index (κ3) is 2.33. The monoisotopic (exact) mass is 480 g/mol. The SMILES string of the molecule is CC1C2(c3ccc(Cl)cc3)OC(=N)C1(C#N)C(C#N)(C#N)C(c1ccc(Br)cc1)O2. The molecule has 4 unspecified atom stereocenters. The summed E-state index contributed by atoms with van der Waals surface area (Å²) in [5.41, 5.74) is -2.73. The Balaban J connectivity index is 2.03. The standard InChI is InChI=1S/C22H14BrClN4O2/c1-13-21(12-27)19(28)30-22(13,15-4-8-17(24)9-5-15)29-18(20(21,10-25)11-26)14-2-6-16(23)7-3-14/h2-9,13,18,28H,1H3. The van der Waals surface area contributed by atoms with Crippen molar-refractivity contribution in [3.63, 3.8) is 0 Å². The van der Waals surface area contributed by atoms with Crippen LogP contribution in [-0.2, 0) is 15.3 Å². The lowest BCUT2D eigenvalue weighted by Gasteiger charge is -2.48. The van der Waals surface area contributed by atoms with Crippen molar-refractivity contribution in [1.82, 2.24) is 0 Å². The van der Waals surface area contributed by atoms with Crippen LogP contribution >= 0.6 is 27.5 Å². The summed E-state index contributed by atoms with van der Waals surface area (Å²) < 4.78 is 13.1. The zero-order valence-corrected chi connectivity index (χ0v) is 18.0. The summed E-state index contributed by atoms with van der Waals surface area (Å²) in [6.07, 6.45) is -1.13. The number of hydrogen-bond acceptors (Lipinski definition) is 6. The van der Waals surface area contributed by atoms with Crippen molar-refractivity contribution in [3.8, 4) is 18.2 Å². The lowest BCUT2D eigenvalue weighted by Crippen LogP contribution is -2.57. The molecule has 4 rings (SSSR count). The molecular formula is C22H14BrClN4O2. The third-order valence-corrected chi connectivity index (χ3v) is 6.87. The van der Waals surface area contributed by atoms with Gasteiger partial charge in [0.05, 0.1) is 24.1 Å². The maximum Gasteiger partial charge on any atom is 0.244 e. The first-order valence-electron chi connectivity index (χ1n) is 9.02. The Kier molecular flexibility index (Phi) is 4.64. The maximum absolute atomic E-state index is 10.3. The fraction of sp³-hybridized carbons (Fsp3) is 0.273. The molecule has 0 radical (unpaired) electrons. The van der Waals surface area contributed by atoms with Gasteiger partial charge in [-0.05, 0) is 29.8 Å². The molecule has 1 N–H and O–H groups in total. The van der Waals surface area contributed by atoms with E-state index in [1.165, 1.54) is 0 Å². The summed E-state index contributed by atoms with van der Waals surface area (Å²) in [5, 5.41) is 39.7. The lowest BCUT2D eigenvalue weighted by atomic mass is 9.53. The van der Waals surface area contributed by atoms with E-state index in [4.69, 9.17) is 26.5 Å². The predicted octanol–water partition coefficient (Wildman–Crippen LogP) is 5.21. The van der Waals surface area contributed by atoms with E-state index in [0.29, 0.717) is 16.1 Å². The maximum atomic E-state index is 10.3. The Bertz CT molecular complexity index is 1150. The molecule has 0 saturated carbocycles. The van der Waals surface area contributed by atoms with Crippen LogP contribution in [0.1, 0.15) is 24.2 Å². The number of halogens is 2. The normalized spacial score (nSPS) is 31.1. The zero-order valence-electron chi connectivity index (χ0n) is 15.7. The molecule has 2 heterocycles. The molecule has 4 atom stereocenters. The summed E-state index contributed by atoms with van der Waals surface area (Å²) in [4.78, 5) is 0. The minimum Gasteiger partial charge on any atom is -0.443 e. The number of nitrogens with zero attached hydrogens (tertiary/aromatic N) is 3. The minimum absolute atomic E-state index is 0.449. The molecule has 30 heavy (non-hydrogen) atoms. The molecule has 2 aliphatic heterocycles. The Hall–Kier alpha value is -2.89. The highest BCUT2D eigenvalue weighted by molar-refractivity contribution is 9.10. The van der Waals surface area contributed by atoms with Gasteiger partial charge in [0.2, 0.25) is 17.1 Å². The molecule has 2 fully saturated rings. The van der Waals surface area contributed by atoms with Crippen molar-refractivity contribution in [1.29, 1.82) is 21.2 Å². The second-order valence-electron chi connectivity index (χ2n) is 7.33. The molecule has 148 valence electrons. The smallest absolute Gasteiger partial charge is 0.244 e. The van der Waals surface area contributed by atoms with E-state index >= 15 is 0 Å². The van der Waals surface area contributed by atoms with Crippen LogP contribution in [0.2, 0.25) is 5.02 Å². The van der Waals surface area contributed by atoms with E-state index < -0.39 is 34.5 Å². The summed E-state index contributed by atoms with van der Waals surface area (Å²) in [5.74, 6) is -2.78. The van der Waals surface area contributed by atoms with Crippen molar-refractivity contribution in [2.75, 3.05) is 0 Å². The van der Waals surface area contributed by atoms with E-state index in [0.717, 1.165) is 4.47 Å². The van der Waals surface area contributed by atoms with Crippen LogP contribution < -0.4 is 0 Å². The number of rotatable bonds is 2. The van der Waals surface area contributed by atoms with Gasteiger partial charge in [0, 0.05) is 15.1 Å². The number of benzene rings is 2. The fourth-order valence-electron chi connectivity index (χ4n) is 4.49. The Morgan fingerprint density at radius 2 is 1.60 bits per heavy atom. The Morgan fingerprint density at radius 3 is 2.13 bits per heavy atom. The number of nitrogens with one attached hydrogen (secondary N) is 1. The highest BCUT2D eigenvalue weighted by atomic mass is 79.9. The first-order valence-corrected chi connectivity index (χ1v) is 10.2. The summed E-state index contributed by atoms with van der Waals surface area (Å²) >= 11 is 9.40. The second-order valence-corrected chi connectivity index (χ2v) is 8.68. The van der Waals surface area contributed by atoms with Gasteiger partial charge in [-0.3, -0.25) is 5.41 Å². The van der Waals surface area contributed by atoms with Gasteiger partial charge >= 0.3 is 0 Å². The molecule has 0 amide bonds. The van der Waals surface area contributed by atoms with Crippen molar-refractivity contribution in [2.24, 2.45) is 16.7 Å². The van der Waals surface area contributed by atoms with Gasteiger partial charge in [-0.25, -0.2) is 0 Å². The number of nitriles is 3. The van der Waals surface area contributed by atoms with E-state index in [2.05, 4.69) is 22.0 Å². The Morgan fingerprint density at radius 1 is 1.00 bits per heavy atom. The minimum atomic E-state index is -1.99. The first-order chi connectivity index (χ1) is 14.3. The average Bonchev–Trinajstić information content (AvgIpc) is 2.91. The summed E-state index contributed by atoms with van der Waals surface area (Å²) in [6.45, 7) is 1.67. The molecule has 2 aromatic carbocycles. The molecule has 2 aliphatic rings. The molecule has 0 spiro atoms. The number of ether oxygens (including phenoxy) is 2.